The van der Waals surface area contributed by atoms with E-state index in [1.54, 1.807) is 47.7 Å². The number of allylic oxidation sites excluding steroid dienone is 1. The number of carbonyl (C=O) groups is 2. The van der Waals surface area contributed by atoms with Crippen LogP contribution in [0.5, 0.6) is 0 Å². The SMILES string of the molecule is C=CCn1c(=O)c2cnc(Nc3ccc(N4CCC(CN5CCN(c6ccc7c(N8CCC(=O)NC8=O)nn(C)c7c6)CC5)CC4)cc3)nc2n1-c1cccc(C(C)(C)O)n1. The molecular weight excluding hydrogens is 775 g/mol. The Balaban J connectivity index is 0.790. The summed E-state index contributed by atoms with van der Waals surface area (Å²) in [6.45, 7) is 14.7. The second kappa shape index (κ2) is 16.1. The zero-order valence-corrected chi connectivity index (χ0v) is 34.8. The van der Waals surface area contributed by atoms with E-state index in [1.165, 1.54) is 16.6 Å². The topological polar surface area (TPSA) is 175 Å². The molecule has 17 nitrogen and oxygen atoms in total. The first-order valence-electron chi connectivity index (χ1n) is 20.9. The second-order valence-electron chi connectivity index (χ2n) is 16.7. The lowest BCUT2D eigenvalue weighted by atomic mass is 9.95. The largest absolute Gasteiger partial charge is 0.384 e. The first-order chi connectivity index (χ1) is 29.4. The van der Waals surface area contributed by atoms with Crippen molar-refractivity contribution in [3.8, 4) is 5.82 Å². The van der Waals surface area contributed by atoms with E-state index in [9.17, 15) is 19.5 Å². The van der Waals surface area contributed by atoms with E-state index in [2.05, 4.69) is 71.2 Å². The molecule has 0 bridgehead atoms. The van der Waals surface area contributed by atoms with Crippen LogP contribution >= 0.6 is 0 Å². The Hall–Kier alpha value is -6.59. The van der Waals surface area contributed by atoms with Gasteiger partial charge in [0.15, 0.2) is 17.3 Å². The molecule has 3 fully saturated rings. The first-order valence-corrected chi connectivity index (χ1v) is 20.9. The molecule has 3 aliphatic rings. The van der Waals surface area contributed by atoms with Crippen molar-refractivity contribution in [1.82, 2.24) is 44.3 Å². The molecule has 3 aliphatic heterocycles. The Morgan fingerprint density at radius 2 is 1.64 bits per heavy atom. The van der Waals surface area contributed by atoms with Crippen LogP contribution in [0.4, 0.5) is 33.6 Å². The molecule has 61 heavy (non-hydrogen) atoms. The van der Waals surface area contributed by atoms with E-state index in [0.717, 1.165) is 80.9 Å². The van der Waals surface area contributed by atoms with Gasteiger partial charge in [0.05, 0.1) is 17.8 Å². The highest BCUT2D eigenvalue weighted by atomic mass is 16.3. The van der Waals surface area contributed by atoms with Crippen LogP contribution in [0.2, 0.25) is 0 Å². The number of nitrogens with zero attached hydrogens (tertiary/aromatic N) is 11. The lowest BCUT2D eigenvalue weighted by Crippen LogP contribution is -2.49. The zero-order chi connectivity index (χ0) is 42.4. The number of hydrogen-bond donors (Lipinski definition) is 3. The Kier molecular flexibility index (Phi) is 10.5. The number of amides is 3. The number of benzene rings is 2. The summed E-state index contributed by atoms with van der Waals surface area (Å²) < 4.78 is 4.98. The lowest BCUT2D eigenvalue weighted by molar-refractivity contribution is -0.120. The highest BCUT2D eigenvalue weighted by Gasteiger charge is 2.29. The van der Waals surface area contributed by atoms with Gasteiger partial charge in [0.25, 0.3) is 5.56 Å². The van der Waals surface area contributed by atoms with Crippen LogP contribution in [-0.4, -0.2) is 108 Å². The number of imide groups is 1. The summed E-state index contributed by atoms with van der Waals surface area (Å²) in [6.07, 6.45) is 5.71. The summed E-state index contributed by atoms with van der Waals surface area (Å²) in [5.74, 6) is 1.77. The third-order valence-electron chi connectivity index (χ3n) is 12.0. The molecule has 17 heteroatoms. The van der Waals surface area contributed by atoms with Gasteiger partial charge >= 0.3 is 6.03 Å². The minimum absolute atomic E-state index is 0.242. The molecular formula is C44H51N13O4. The summed E-state index contributed by atoms with van der Waals surface area (Å²) in [5.41, 5.74) is 3.55. The van der Waals surface area contributed by atoms with Crippen molar-refractivity contribution in [2.24, 2.45) is 13.0 Å². The monoisotopic (exact) mass is 825 g/mol. The maximum absolute atomic E-state index is 13.4. The average molecular weight is 826 g/mol. The minimum atomic E-state index is -1.17. The summed E-state index contributed by atoms with van der Waals surface area (Å²) in [6, 6.07) is 19.5. The van der Waals surface area contributed by atoms with Gasteiger partial charge in [0, 0.05) is 94.5 Å². The quantitative estimate of drug-likeness (QED) is 0.156. The number of nitrogens with one attached hydrogen (secondary N) is 2. The molecule has 0 saturated carbocycles. The van der Waals surface area contributed by atoms with Gasteiger partial charge in [-0.1, -0.05) is 12.1 Å². The van der Waals surface area contributed by atoms with Gasteiger partial charge in [0.2, 0.25) is 11.9 Å². The average Bonchev–Trinajstić information content (AvgIpc) is 3.73. The van der Waals surface area contributed by atoms with Crippen molar-refractivity contribution in [2.45, 2.75) is 45.3 Å². The van der Waals surface area contributed by atoms with E-state index >= 15 is 0 Å². The van der Waals surface area contributed by atoms with Crippen LogP contribution in [0.3, 0.4) is 0 Å². The molecule has 9 rings (SSSR count). The Labute approximate surface area is 352 Å². The molecule has 4 aromatic heterocycles. The predicted molar refractivity (Wildman–Crippen MR) is 236 cm³/mol. The van der Waals surface area contributed by atoms with E-state index in [4.69, 9.17) is 4.98 Å². The summed E-state index contributed by atoms with van der Waals surface area (Å²) in [7, 11) is 1.89. The molecule has 0 spiro atoms. The third-order valence-corrected chi connectivity index (χ3v) is 12.0. The van der Waals surface area contributed by atoms with Crippen molar-refractivity contribution in [2.75, 3.05) is 72.4 Å². The number of fused-ring (bicyclic) bond motifs is 2. The van der Waals surface area contributed by atoms with Crippen molar-refractivity contribution in [3.05, 3.63) is 95.6 Å². The van der Waals surface area contributed by atoms with Gasteiger partial charge in [-0.05, 0) is 87.2 Å². The van der Waals surface area contributed by atoms with Crippen molar-refractivity contribution in [3.63, 3.8) is 0 Å². The molecule has 0 aliphatic carbocycles. The van der Waals surface area contributed by atoms with E-state index in [-0.39, 0.29) is 24.4 Å². The number of hydrogen-bond acceptors (Lipinski definition) is 12. The van der Waals surface area contributed by atoms with Crippen LogP contribution in [0.15, 0.2) is 84.3 Å². The fourth-order valence-electron chi connectivity index (χ4n) is 8.69. The Morgan fingerprint density at radius 3 is 2.36 bits per heavy atom. The van der Waals surface area contributed by atoms with Gasteiger partial charge < -0.3 is 20.2 Å². The maximum Gasteiger partial charge on any atom is 0.329 e. The van der Waals surface area contributed by atoms with Crippen LogP contribution < -0.4 is 30.9 Å². The van der Waals surface area contributed by atoms with Gasteiger partial charge in [0.1, 0.15) is 11.0 Å². The number of aliphatic hydroxyl groups is 1. The molecule has 3 saturated heterocycles. The van der Waals surface area contributed by atoms with Crippen molar-refractivity contribution < 1.29 is 14.7 Å². The smallest absolute Gasteiger partial charge is 0.329 e. The third kappa shape index (κ3) is 7.93. The fourth-order valence-corrected chi connectivity index (χ4v) is 8.69. The highest BCUT2D eigenvalue weighted by Crippen LogP contribution is 2.32. The Morgan fingerprint density at radius 1 is 0.902 bits per heavy atom. The standard InChI is InChI=1S/C44H51N13O4/c1-5-18-56-41(59)34-27-45-42(49-39(34)57(56)37-8-6-7-36(47-37)44(2,3)61)46-30-9-11-31(12-10-30)53-19-15-29(16-20-53)28-52-22-24-54(25-23-52)32-13-14-33-35(26-32)51(4)50-40(33)55-21-17-38(58)48-43(55)60/h5-14,26-27,29,61H,1,15-25,28H2,2-4H3,(H,45,46,49)(H,48,58,60). The fraction of sp³-hybridized carbons (Fsp3) is 0.386. The van der Waals surface area contributed by atoms with E-state index in [1.807, 2.05) is 29.9 Å². The molecule has 2 aromatic carbocycles. The van der Waals surface area contributed by atoms with Crippen LogP contribution in [0, 0.1) is 5.92 Å². The first kappa shape index (κ1) is 39.8. The van der Waals surface area contributed by atoms with Gasteiger partial charge in [-0.25, -0.2) is 24.1 Å². The number of carbonyl (C=O) groups excluding carboxylic acids is 2. The predicted octanol–water partition coefficient (Wildman–Crippen LogP) is 4.51. The van der Waals surface area contributed by atoms with Gasteiger partial charge in [-0.3, -0.25) is 29.4 Å². The molecule has 0 atom stereocenters. The molecule has 3 amide bonds. The number of piperazine rings is 1. The normalized spacial score (nSPS) is 17.1. The van der Waals surface area contributed by atoms with Crippen molar-refractivity contribution in [1.29, 1.82) is 0 Å². The second-order valence-corrected chi connectivity index (χ2v) is 16.7. The van der Waals surface area contributed by atoms with Gasteiger partial charge in [-0.15, -0.1) is 6.58 Å². The summed E-state index contributed by atoms with van der Waals surface area (Å²) in [5, 5.41) is 22.2. The summed E-state index contributed by atoms with van der Waals surface area (Å²) >= 11 is 0. The number of piperidine rings is 1. The number of aryl methyl sites for hydroxylation is 1. The molecule has 0 unspecified atom stereocenters. The Bertz CT molecular complexity index is 2680. The van der Waals surface area contributed by atoms with Crippen molar-refractivity contribution >= 4 is 62.7 Å². The maximum atomic E-state index is 13.4. The number of urea groups is 1. The summed E-state index contributed by atoms with van der Waals surface area (Å²) in [4.78, 5) is 60.5. The molecule has 7 heterocycles. The number of anilines is 5. The van der Waals surface area contributed by atoms with E-state index in [0.29, 0.717) is 46.8 Å². The number of aromatic nitrogens is 7. The van der Waals surface area contributed by atoms with Crippen LogP contribution in [0.1, 0.15) is 38.8 Å². The van der Waals surface area contributed by atoms with Gasteiger partial charge in [-0.2, -0.15) is 10.1 Å². The number of rotatable bonds is 11. The van der Waals surface area contributed by atoms with Crippen LogP contribution in [-0.2, 0) is 24.0 Å². The highest BCUT2D eigenvalue weighted by molar-refractivity contribution is 6.09. The molecule has 6 aromatic rings. The molecule has 3 N–H and O–H groups in total. The van der Waals surface area contributed by atoms with E-state index < -0.39 is 11.6 Å². The molecule has 316 valence electrons. The lowest BCUT2D eigenvalue weighted by Gasteiger charge is -2.40. The number of pyridine rings is 1. The molecule has 0 radical (unpaired) electrons. The zero-order valence-electron chi connectivity index (χ0n) is 34.8. The van der Waals surface area contributed by atoms with Crippen LogP contribution in [0.25, 0.3) is 27.8 Å². The minimum Gasteiger partial charge on any atom is -0.384 e.